The highest BCUT2D eigenvalue weighted by molar-refractivity contribution is 5.96. The smallest absolute Gasteiger partial charge is 0.278 e. The molecule has 0 spiro atoms. The molecule has 0 aliphatic heterocycles. The molecule has 2 atom stereocenters. The van der Waals surface area contributed by atoms with Crippen molar-refractivity contribution in [3.05, 3.63) is 64.2 Å². The first-order chi connectivity index (χ1) is 13.2. The van der Waals surface area contributed by atoms with Gasteiger partial charge in [0, 0.05) is 11.3 Å². The Labute approximate surface area is 168 Å². The van der Waals surface area contributed by atoms with Crippen LogP contribution < -0.4 is 15.5 Å². The Bertz CT molecular complexity index is 841. The zero-order chi connectivity index (χ0) is 20.8. The summed E-state index contributed by atoms with van der Waals surface area (Å²) in [5.41, 5.74) is 6.53. The van der Waals surface area contributed by atoms with E-state index >= 15 is 0 Å². The van der Waals surface area contributed by atoms with E-state index in [1.807, 2.05) is 46.0 Å². The minimum absolute atomic E-state index is 0.0339. The van der Waals surface area contributed by atoms with Gasteiger partial charge in [0.1, 0.15) is 6.54 Å². The second kappa shape index (κ2) is 9.51. The Kier molecular flexibility index (Phi) is 7.35. The van der Waals surface area contributed by atoms with Gasteiger partial charge in [0.25, 0.3) is 5.91 Å². The largest absolute Gasteiger partial charge is 0.342 e. The number of carbonyl (C=O) groups is 2. The van der Waals surface area contributed by atoms with Gasteiger partial charge in [-0.05, 0) is 51.3 Å². The van der Waals surface area contributed by atoms with E-state index in [4.69, 9.17) is 0 Å². The number of nitrogens with one attached hydrogen (secondary N) is 3. The summed E-state index contributed by atoms with van der Waals surface area (Å²) in [6, 6.07) is 12.0. The molecule has 2 aromatic carbocycles. The monoisotopic (exact) mass is 382 g/mol. The molecule has 0 radical (unpaired) electrons. The molecule has 0 aromatic heterocycles. The van der Waals surface area contributed by atoms with Crippen LogP contribution in [0.15, 0.2) is 36.4 Å². The lowest BCUT2D eigenvalue weighted by Crippen LogP contribution is -3.12. The Hall–Kier alpha value is -2.66. The summed E-state index contributed by atoms with van der Waals surface area (Å²) >= 11 is 0. The van der Waals surface area contributed by atoms with Crippen molar-refractivity contribution >= 4 is 17.5 Å². The fraction of sp³-hybridized carbons (Fsp3) is 0.391. The minimum atomic E-state index is -0.256. The van der Waals surface area contributed by atoms with Gasteiger partial charge in [-0.2, -0.15) is 0 Å². The lowest BCUT2D eigenvalue weighted by Gasteiger charge is -2.22. The predicted molar refractivity (Wildman–Crippen MR) is 114 cm³/mol. The zero-order valence-electron chi connectivity index (χ0n) is 17.8. The molecular weight excluding hydrogens is 350 g/mol. The maximum Gasteiger partial charge on any atom is 0.278 e. The van der Waals surface area contributed by atoms with Crippen LogP contribution >= 0.6 is 0 Å². The van der Waals surface area contributed by atoms with Crippen molar-refractivity contribution in [3.63, 3.8) is 0 Å². The normalized spacial score (nSPS) is 12.9. The molecule has 2 rings (SSSR count). The highest BCUT2D eigenvalue weighted by atomic mass is 16.2. The van der Waals surface area contributed by atoms with Gasteiger partial charge >= 0.3 is 0 Å². The number of carbonyl (C=O) groups excluding carboxylic acids is 2. The number of hydrogen-bond donors (Lipinski definition) is 3. The van der Waals surface area contributed by atoms with Crippen LogP contribution in [-0.2, 0) is 16.1 Å². The lowest BCUT2D eigenvalue weighted by atomic mass is 10.0. The molecule has 0 aliphatic rings. The van der Waals surface area contributed by atoms with Crippen LogP contribution in [0.1, 0.15) is 34.7 Å². The number of likely N-dealkylation sites (N-methyl/N-ethyl adjacent to an activating group) is 1. The average Bonchev–Trinajstić information content (AvgIpc) is 2.64. The second-order valence-corrected chi connectivity index (χ2v) is 7.71. The van der Waals surface area contributed by atoms with E-state index in [1.165, 1.54) is 16.7 Å². The van der Waals surface area contributed by atoms with Crippen LogP contribution in [0.5, 0.6) is 0 Å². The fourth-order valence-electron chi connectivity index (χ4n) is 3.24. The van der Waals surface area contributed by atoms with Gasteiger partial charge < -0.3 is 15.5 Å². The molecule has 0 fully saturated rings. The van der Waals surface area contributed by atoms with Gasteiger partial charge in [-0.25, -0.2) is 0 Å². The number of anilines is 1. The van der Waals surface area contributed by atoms with Crippen LogP contribution in [0.3, 0.4) is 0 Å². The molecule has 28 heavy (non-hydrogen) atoms. The van der Waals surface area contributed by atoms with E-state index in [9.17, 15) is 9.59 Å². The molecule has 2 amide bonds. The number of para-hydroxylation sites is 1. The first kappa shape index (κ1) is 21.6. The number of hydrogen-bond acceptors (Lipinski definition) is 2. The van der Waals surface area contributed by atoms with E-state index in [-0.39, 0.29) is 24.4 Å². The van der Waals surface area contributed by atoms with E-state index in [2.05, 4.69) is 42.7 Å². The highest BCUT2D eigenvalue weighted by Gasteiger charge is 2.23. The summed E-state index contributed by atoms with van der Waals surface area (Å²) in [6.45, 7) is 10.7. The summed E-state index contributed by atoms with van der Waals surface area (Å²) in [6.07, 6.45) is 0. The molecule has 0 bridgehead atoms. The summed E-state index contributed by atoms with van der Waals surface area (Å²) in [7, 11) is 2.00. The van der Waals surface area contributed by atoms with Crippen molar-refractivity contribution in [2.45, 2.75) is 47.2 Å². The minimum Gasteiger partial charge on any atom is -0.342 e. The SMILES string of the molecule is Cc1ccc(C[NH+](C)[C@@H](C)C(=O)NCC(=O)Nc2c(C)cccc2C)c(C)c1. The highest BCUT2D eigenvalue weighted by Crippen LogP contribution is 2.18. The van der Waals surface area contributed by atoms with Crippen molar-refractivity contribution in [1.82, 2.24) is 5.32 Å². The van der Waals surface area contributed by atoms with Crippen LogP contribution in [0.2, 0.25) is 0 Å². The van der Waals surface area contributed by atoms with Gasteiger partial charge in [-0.15, -0.1) is 0 Å². The molecular formula is C23H32N3O2+. The molecule has 2 aromatic rings. The molecule has 5 heteroatoms. The third-order valence-corrected chi connectivity index (χ3v) is 5.27. The molecule has 0 aliphatic carbocycles. The number of amides is 2. The first-order valence-electron chi connectivity index (χ1n) is 9.71. The van der Waals surface area contributed by atoms with E-state index in [1.54, 1.807) is 0 Å². The second-order valence-electron chi connectivity index (χ2n) is 7.71. The Balaban J connectivity index is 1.88. The Morgan fingerprint density at radius 2 is 1.64 bits per heavy atom. The van der Waals surface area contributed by atoms with Gasteiger partial charge in [0.05, 0.1) is 13.6 Å². The van der Waals surface area contributed by atoms with Crippen molar-refractivity contribution in [3.8, 4) is 0 Å². The van der Waals surface area contributed by atoms with Gasteiger partial charge in [0.2, 0.25) is 5.91 Å². The summed E-state index contributed by atoms with van der Waals surface area (Å²) in [5.74, 6) is -0.344. The fourth-order valence-corrected chi connectivity index (χ4v) is 3.24. The van der Waals surface area contributed by atoms with Crippen LogP contribution in [0.25, 0.3) is 0 Å². The van der Waals surface area contributed by atoms with Crippen molar-refractivity contribution in [2.24, 2.45) is 0 Å². The molecule has 0 heterocycles. The van der Waals surface area contributed by atoms with Gasteiger partial charge in [-0.1, -0.05) is 42.0 Å². The standard InChI is InChI=1S/C23H31N3O2/c1-15-10-11-20(18(4)12-15)14-26(6)19(5)23(28)24-13-21(27)25-22-16(2)8-7-9-17(22)3/h7-12,19H,13-14H2,1-6H3,(H,24,28)(H,25,27)/p+1/t19-/m0/s1. The lowest BCUT2D eigenvalue weighted by molar-refractivity contribution is -0.908. The maximum atomic E-state index is 12.5. The average molecular weight is 383 g/mol. The molecule has 0 saturated carbocycles. The molecule has 5 nitrogen and oxygen atoms in total. The van der Waals surface area contributed by atoms with E-state index < -0.39 is 0 Å². The number of rotatable bonds is 7. The number of benzene rings is 2. The molecule has 1 unspecified atom stereocenters. The predicted octanol–water partition coefficient (Wildman–Crippen LogP) is 2.08. The van der Waals surface area contributed by atoms with Crippen molar-refractivity contribution < 1.29 is 14.5 Å². The van der Waals surface area contributed by atoms with Gasteiger partial charge in [-0.3, -0.25) is 9.59 Å². The summed E-state index contributed by atoms with van der Waals surface area (Å²) in [5, 5.41) is 5.65. The van der Waals surface area contributed by atoms with E-state index in [0.717, 1.165) is 28.3 Å². The third-order valence-electron chi connectivity index (χ3n) is 5.27. The molecule has 150 valence electrons. The Morgan fingerprint density at radius 1 is 1.00 bits per heavy atom. The topological polar surface area (TPSA) is 62.6 Å². The summed E-state index contributed by atoms with van der Waals surface area (Å²) < 4.78 is 0. The van der Waals surface area contributed by atoms with Gasteiger partial charge in [0.15, 0.2) is 6.04 Å². The van der Waals surface area contributed by atoms with Crippen LogP contribution in [-0.4, -0.2) is 31.4 Å². The van der Waals surface area contributed by atoms with Crippen LogP contribution in [0, 0.1) is 27.7 Å². The number of quaternary nitrogens is 1. The van der Waals surface area contributed by atoms with Crippen molar-refractivity contribution in [2.75, 3.05) is 18.9 Å². The number of aryl methyl sites for hydroxylation is 4. The first-order valence-corrected chi connectivity index (χ1v) is 9.71. The molecule has 3 N–H and O–H groups in total. The maximum absolute atomic E-state index is 12.5. The molecule has 0 saturated heterocycles. The zero-order valence-corrected chi connectivity index (χ0v) is 17.8. The Morgan fingerprint density at radius 3 is 2.25 bits per heavy atom. The van der Waals surface area contributed by atoms with E-state index in [0.29, 0.717) is 0 Å². The quantitative estimate of drug-likeness (QED) is 0.687. The van der Waals surface area contributed by atoms with Crippen LogP contribution in [0.4, 0.5) is 5.69 Å². The van der Waals surface area contributed by atoms with Crippen molar-refractivity contribution in [1.29, 1.82) is 0 Å². The summed E-state index contributed by atoms with van der Waals surface area (Å²) in [4.78, 5) is 25.8. The third kappa shape index (κ3) is 5.67.